The van der Waals surface area contributed by atoms with E-state index >= 15 is 0 Å². The van der Waals surface area contributed by atoms with Crippen LogP contribution < -0.4 is 11.5 Å². The maximum absolute atomic E-state index is 6.25. The van der Waals surface area contributed by atoms with Crippen LogP contribution in [0.4, 0.5) is 5.82 Å². The van der Waals surface area contributed by atoms with Crippen molar-refractivity contribution in [3.63, 3.8) is 0 Å². The summed E-state index contributed by atoms with van der Waals surface area (Å²) in [5, 5.41) is 4.40. The molecule has 1 aromatic carbocycles. The molecule has 0 spiro atoms. The topological polar surface area (TPSA) is 99.4 Å². The molecule has 6 nitrogen and oxygen atoms in total. The summed E-state index contributed by atoms with van der Waals surface area (Å²) in [6.45, 7) is 8.59. The van der Waals surface area contributed by atoms with Crippen molar-refractivity contribution in [3.05, 3.63) is 47.8 Å². The van der Waals surface area contributed by atoms with Crippen molar-refractivity contribution in [1.29, 1.82) is 0 Å². The summed E-state index contributed by atoms with van der Waals surface area (Å²) >= 11 is 0. The van der Waals surface area contributed by atoms with Crippen molar-refractivity contribution >= 4 is 17.1 Å². The first-order valence-corrected chi connectivity index (χ1v) is 10.2. The van der Waals surface area contributed by atoms with Crippen LogP contribution in [0.25, 0.3) is 16.8 Å². The molecular weight excluding hydrogens is 362 g/mol. The summed E-state index contributed by atoms with van der Waals surface area (Å²) in [6, 6.07) is 6.72. The number of nitrogens with zero attached hydrogens (tertiary/aromatic N) is 3. The molecule has 1 saturated carbocycles. The standard InChI is InChI=1S/C23H29N5O/c1-13(14-5-8-16(24)9-6-14)15-7-10-17-18(11-15)21(28-29-4)23(2,3)19-20(17)26-12-27-22(19)25/h7,10-12,14,16H,1,5-6,8-9,24H2,2-4H3,(H2,25,26,27)/b28-21-. The van der Waals surface area contributed by atoms with E-state index in [1.807, 2.05) is 0 Å². The van der Waals surface area contributed by atoms with Crippen molar-refractivity contribution in [3.8, 4) is 11.3 Å². The van der Waals surface area contributed by atoms with Crippen LogP contribution in [0.3, 0.4) is 0 Å². The number of aromatic nitrogens is 2. The normalized spacial score (nSPS) is 23.9. The zero-order valence-electron chi connectivity index (χ0n) is 17.4. The lowest BCUT2D eigenvalue weighted by Gasteiger charge is -2.35. The van der Waals surface area contributed by atoms with Crippen LogP contribution in [0.1, 0.15) is 56.2 Å². The maximum Gasteiger partial charge on any atom is 0.131 e. The average molecular weight is 392 g/mol. The van der Waals surface area contributed by atoms with Crippen LogP contribution >= 0.6 is 0 Å². The Morgan fingerprint density at radius 3 is 2.59 bits per heavy atom. The van der Waals surface area contributed by atoms with E-state index in [0.717, 1.165) is 59.3 Å². The second-order valence-corrected chi connectivity index (χ2v) is 8.63. The van der Waals surface area contributed by atoms with Gasteiger partial charge < -0.3 is 16.3 Å². The molecule has 1 aromatic heterocycles. The van der Waals surface area contributed by atoms with Crippen LogP contribution in [0.2, 0.25) is 0 Å². The molecular formula is C23H29N5O. The fourth-order valence-electron chi connectivity index (χ4n) is 4.78. The van der Waals surface area contributed by atoms with E-state index in [0.29, 0.717) is 17.8 Å². The predicted octanol–water partition coefficient (Wildman–Crippen LogP) is 3.90. The molecule has 2 aliphatic rings. The van der Waals surface area contributed by atoms with Gasteiger partial charge in [-0.25, -0.2) is 9.97 Å². The molecule has 2 aliphatic carbocycles. The molecule has 0 saturated heterocycles. The summed E-state index contributed by atoms with van der Waals surface area (Å²) in [5.74, 6) is 0.944. The van der Waals surface area contributed by atoms with E-state index in [1.54, 1.807) is 7.11 Å². The van der Waals surface area contributed by atoms with Crippen LogP contribution in [-0.2, 0) is 10.3 Å². The van der Waals surface area contributed by atoms with E-state index in [9.17, 15) is 0 Å². The Kier molecular flexibility index (Phi) is 4.90. The Hall–Kier alpha value is -2.73. The highest BCUT2D eigenvalue weighted by Crippen LogP contribution is 2.45. The summed E-state index contributed by atoms with van der Waals surface area (Å²) < 4.78 is 0. The smallest absolute Gasteiger partial charge is 0.131 e. The zero-order chi connectivity index (χ0) is 20.8. The van der Waals surface area contributed by atoms with Gasteiger partial charge in [-0.15, -0.1) is 0 Å². The summed E-state index contributed by atoms with van der Waals surface area (Å²) in [7, 11) is 1.57. The van der Waals surface area contributed by atoms with Crippen molar-refractivity contribution in [2.24, 2.45) is 16.8 Å². The first-order chi connectivity index (χ1) is 13.8. The van der Waals surface area contributed by atoms with E-state index in [4.69, 9.17) is 16.3 Å². The molecule has 0 unspecified atom stereocenters. The van der Waals surface area contributed by atoms with Gasteiger partial charge >= 0.3 is 0 Å². The number of fused-ring (bicyclic) bond motifs is 3. The summed E-state index contributed by atoms with van der Waals surface area (Å²) in [6.07, 6.45) is 5.82. The number of hydrogen-bond acceptors (Lipinski definition) is 6. The Bertz CT molecular complexity index is 987. The molecule has 4 N–H and O–H groups in total. The predicted molar refractivity (Wildman–Crippen MR) is 117 cm³/mol. The minimum atomic E-state index is -0.485. The number of nitrogens with two attached hydrogens (primary N) is 2. The number of hydrogen-bond donors (Lipinski definition) is 2. The van der Waals surface area contributed by atoms with Crippen LogP contribution in [-0.4, -0.2) is 28.8 Å². The Balaban J connectivity index is 1.83. The highest BCUT2D eigenvalue weighted by molar-refractivity contribution is 6.15. The Morgan fingerprint density at radius 1 is 1.17 bits per heavy atom. The molecule has 0 bridgehead atoms. The molecule has 1 heterocycles. The first-order valence-electron chi connectivity index (χ1n) is 10.2. The van der Waals surface area contributed by atoms with Crippen LogP contribution in [0, 0.1) is 5.92 Å². The number of nitrogen functional groups attached to an aromatic ring is 1. The van der Waals surface area contributed by atoms with E-state index in [1.165, 1.54) is 11.9 Å². The third-order valence-corrected chi connectivity index (χ3v) is 6.44. The summed E-state index contributed by atoms with van der Waals surface area (Å²) in [4.78, 5) is 14.0. The quantitative estimate of drug-likeness (QED) is 0.773. The van der Waals surface area contributed by atoms with Gasteiger partial charge in [0, 0.05) is 28.1 Å². The fourth-order valence-corrected chi connectivity index (χ4v) is 4.78. The Labute approximate surface area is 172 Å². The lowest BCUT2D eigenvalue weighted by atomic mass is 9.69. The van der Waals surface area contributed by atoms with E-state index in [-0.39, 0.29) is 0 Å². The molecule has 6 heteroatoms. The van der Waals surface area contributed by atoms with Gasteiger partial charge in [0.05, 0.1) is 11.4 Å². The van der Waals surface area contributed by atoms with Gasteiger partial charge in [0.1, 0.15) is 19.3 Å². The number of allylic oxidation sites excluding steroid dienone is 1. The number of anilines is 1. The van der Waals surface area contributed by atoms with Crippen LogP contribution in [0.5, 0.6) is 0 Å². The third-order valence-electron chi connectivity index (χ3n) is 6.44. The van der Waals surface area contributed by atoms with E-state index in [2.05, 4.69) is 53.7 Å². The minimum absolute atomic E-state index is 0.325. The van der Waals surface area contributed by atoms with Crippen molar-refractivity contribution in [2.75, 3.05) is 12.8 Å². The van der Waals surface area contributed by atoms with Crippen LogP contribution in [0.15, 0.2) is 36.3 Å². The molecule has 2 aromatic rings. The minimum Gasteiger partial charge on any atom is -0.399 e. The second-order valence-electron chi connectivity index (χ2n) is 8.63. The van der Waals surface area contributed by atoms with Gasteiger partial charge in [0.25, 0.3) is 0 Å². The highest BCUT2D eigenvalue weighted by Gasteiger charge is 2.41. The van der Waals surface area contributed by atoms with Gasteiger partial charge in [-0.1, -0.05) is 23.9 Å². The molecule has 0 atom stereocenters. The maximum atomic E-state index is 6.25. The summed E-state index contributed by atoms with van der Waals surface area (Å²) in [5.41, 5.74) is 18.7. The number of oxime groups is 1. The van der Waals surface area contributed by atoms with Gasteiger partial charge in [-0.2, -0.15) is 0 Å². The first kappa shape index (κ1) is 19.6. The van der Waals surface area contributed by atoms with Crippen molar-refractivity contribution in [2.45, 2.75) is 51.0 Å². The van der Waals surface area contributed by atoms with Gasteiger partial charge in [0.2, 0.25) is 0 Å². The zero-order valence-corrected chi connectivity index (χ0v) is 17.4. The van der Waals surface area contributed by atoms with Crippen molar-refractivity contribution in [1.82, 2.24) is 9.97 Å². The molecule has 0 radical (unpaired) electrons. The third kappa shape index (κ3) is 3.21. The highest BCUT2D eigenvalue weighted by atomic mass is 16.6. The molecule has 0 amide bonds. The van der Waals surface area contributed by atoms with Gasteiger partial charge in [-0.05, 0) is 62.7 Å². The molecule has 0 aliphatic heterocycles. The molecule has 152 valence electrons. The lowest BCUT2D eigenvalue weighted by Crippen LogP contribution is -2.36. The second kappa shape index (κ2) is 7.26. The SMILES string of the molecule is C=C(c1ccc2c(c1)/C(=N/OC)C(C)(C)c1c(N)ncnc1-2)C1CCC(N)CC1. The van der Waals surface area contributed by atoms with Gasteiger partial charge in [-0.3, -0.25) is 0 Å². The Morgan fingerprint density at radius 2 is 1.90 bits per heavy atom. The van der Waals surface area contributed by atoms with Gasteiger partial charge in [0.15, 0.2) is 0 Å². The largest absolute Gasteiger partial charge is 0.399 e. The lowest BCUT2D eigenvalue weighted by molar-refractivity contribution is 0.211. The monoisotopic (exact) mass is 391 g/mol. The molecule has 1 fully saturated rings. The molecule has 4 rings (SSSR count). The fraction of sp³-hybridized carbons (Fsp3) is 0.435. The number of rotatable bonds is 3. The van der Waals surface area contributed by atoms with E-state index < -0.39 is 5.41 Å². The van der Waals surface area contributed by atoms with Crippen molar-refractivity contribution < 1.29 is 4.84 Å². The number of benzene rings is 1. The average Bonchev–Trinajstić information content (AvgIpc) is 2.70. The molecule has 29 heavy (non-hydrogen) atoms.